The van der Waals surface area contributed by atoms with Gasteiger partial charge in [0.25, 0.3) is 0 Å². The Labute approximate surface area is 176 Å². The Morgan fingerprint density at radius 3 is 2.80 bits per heavy atom. The third kappa shape index (κ3) is 3.39. The number of likely N-dealkylation sites (tertiary alicyclic amines) is 1. The van der Waals surface area contributed by atoms with Gasteiger partial charge in [0.2, 0.25) is 0 Å². The number of hydrogen-bond acceptors (Lipinski definition) is 7. The van der Waals surface area contributed by atoms with Crippen LogP contribution < -0.4 is 0 Å². The summed E-state index contributed by atoms with van der Waals surface area (Å²) in [5.74, 6) is -0.340. The zero-order valence-corrected chi connectivity index (χ0v) is 17.7. The van der Waals surface area contributed by atoms with Crippen LogP contribution in [0, 0.1) is 5.92 Å². The third-order valence-corrected chi connectivity index (χ3v) is 7.07. The van der Waals surface area contributed by atoms with Gasteiger partial charge in [0, 0.05) is 42.1 Å². The molecule has 1 aliphatic carbocycles. The van der Waals surface area contributed by atoms with Gasteiger partial charge in [-0.1, -0.05) is 6.07 Å². The molecule has 6 atom stereocenters. The van der Waals surface area contributed by atoms with Crippen molar-refractivity contribution in [2.75, 3.05) is 6.54 Å². The molecule has 7 heteroatoms. The maximum atomic E-state index is 12.0. The standard InChI is InChI=1S/C23H30N2O5/c1-13(25-9-7-19-21(25)11-23(19,29)14(2)27)22(30-15(3)28)17-6-8-24-20-5-4-16(12-26)10-18(17)20/h4-6,8,10,13-14,19,21-22,26-27,29H,7,9,11-12H2,1-3H3/t13-,14?,19-,21?,22+,23-/m1/s1. The fourth-order valence-corrected chi connectivity index (χ4v) is 5.37. The number of aliphatic hydroxyl groups is 3. The molecule has 1 aliphatic heterocycles. The highest BCUT2D eigenvalue weighted by Crippen LogP contribution is 2.51. The second kappa shape index (κ2) is 7.89. The zero-order valence-electron chi connectivity index (χ0n) is 17.7. The van der Waals surface area contributed by atoms with Crippen LogP contribution in [-0.4, -0.2) is 61.5 Å². The second-order valence-electron chi connectivity index (χ2n) is 8.75. The summed E-state index contributed by atoms with van der Waals surface area (Å²) in [6, 6.07) is 7.49. The number of benzene rings is 1. The van der Waals surface area contributed by atoms with E-state index in [1.807, 2.05) is 31.2 Å². The number of rotatable bonds is 6. The summed E-state index contributed by atoms with van der Waals surface area (Å²) in [4.78, 5) is 18.7. The van der Waals surface area contributed by atoms with Gasteiger partial charge in [-0.2, -0.15) is 0 Å². The summed E-state index contributed by atoms with van der Waals surface area (Å²) in [7, 11) is 0. The van der Waals surface area contributed by atoms with E-state index in [1.165, 1.54) is 6.92 Å². The van der Waals surface area contributed by atoms with Gasteiger partial charge in [0.15, 0.2) is 0 Å². The van der Waals surface area contributed by atoms with E-state index >= 15 is 0 Å². The summed E-state index contributed by atoms with van der Waals surface area (Å²) in [6.45, 7) is 5.79. The van der Waals surface area contributed by atoms with Crippen molar-refractivity contribution < 1.29 is 24.9 Å². The fourth-order valence-electron chi connectivity index (χ4n) is 5.37. The van der Waals surface area contributed by atoms with Crippen molar-refractivity contribution in [3.8, 4) is 0 Å². The van der Waals surface area contributed by atoms with Crippen LogP contribution in [0.4, 0.5) is 0 Å². The fraction of sp³-hybridized carbons (Fsp3) is 0.565. The summed E-state index contributed by atoms with van der Waals surface area (Å²) in [6.07, 6.45) is 1.75. The van der Waals surface area contributed by atoms with Crippen LogP contribution in [0.3, 0.4) is 0 Å². The number of fused-ring (bicyclic) bond motifs is 2. The van der Waals surface area contributed by atoms with Crippen LogP contribution in [0.25, 0.3) is 10.9 Å². The molecule has 1 aromatic heterocycles. The van der Waals surface area contributed by atoms with E-state index in [1.54, 1.807) is 13.1 Å². The van der Waals surface area contributed by atoms with Crippen molar-refractivity contribution in [2.24, 2.45) is 5.92 Å². The summed E-state index contributed by atoms with van der Waals surface area (Å²) in [5, 5.41) is 31.2. The van der Waals surface area contributed by atoms with Gasteiger partial charge in [0.1, 0.15) is 6.10 Å². The highest BCUT2D eigenvalue weighted by Gasteiger charge is 2.61. The number of carbonyl (C=O) groups is 1. The van der Waals surface area contributed by atoms with E-state index in [9.17, 15) is 20.1 Å². The van der Waals surface area contributed by atoms with Crippen molar-refractivity contribution in [2.45, 2.75) is 70.1 Å². The minimum absolute atomic E-state index is 0.0214. The van der Waals surface area contributed by atoms with Gasteiger partial charge in [-0.15, -0.1) is 0 Å². The Bertz CT molecular complexity index is 948. The average Bonchev–Trinajstić information content (AvgIpc) is 3.08. The molecule has 2 fully saturated rings. The average molecular weight is 415 g/mol. The van der Waals surface area contributed by atoms with Crippen molar-refractivity contribution in [3.05, 3.63) is 41.6 Å². The van der Waals surface area contributed by atoms with Gasteiger partial charge in [-0.25, -0.2) is 0 Å². The lowest BCUT2D eigenvalue weighted by molar-refractivity contribution is -0.189. The highest BCUT2D eigenvalue weighted by molar-refractivity contribution is 5.83. The smallest absolute Gasteiger partial charge is 0.303 e. The molecule has 2 aromatic rings. The lowest BCUT2D eigenvalue weighted by atomic mass is 9.63. The number of carbonyl (C=O) groups excluding carboxylic acids is 1. The van der Waals surface area contributed by atoms with Gasteiger partial charge < -0.3 is 20.1 Å². The normalized spacial score (nSPS) is 29.1. The van der Waals surface area contributed by atoms with E-state index in [4.69, 9.17) is 4.74 Å². The lowest BCUT2D eigenvalue weighted by Gasteiger charge is -2.53. The highest BCUT2D eigenvalue weighted by atomic mass is 16.5. The maximum Gasteiger partial charge on any atom is 0.303 e. The Hall–Kier alpha value is -2.06. The molecule has 1 saturated heterocycles. The summed E-state index contributed by atoms with van der Waals surface area (Å²) >= 11 is 0. The quantitative estimate of drug-likeness (QED) is 0.621. The van der Waals surface area contributed by atoms with Crippen molar-refractivity contribution in [1.82, 2.24) is 9.88 Å². The molecule has 4 rings (SSSR count). The zero-order chi connectivity index (χ0) is 21.6. The molecule has 7 nitrogen and oxygen atoms in total. The molecular formula is C23H30N2O5. The molecule has 2 heterocycles. The predicted molar refractivity (Wildman–Crippen MR) is 111 cm³/mol. The van der Waals surface area contributed by atoms with Crippen LogP contribution >= 0.6 is 0 Å². The van der Waals surface area contributed by atoms with Crippen LogP contribution in [0.5, 0.6) is 0 Å². The van der Waals surface area contributed by atoms with Gasteiger partial charge in [-0.05, 0) is 57.0 Å². The number of aromatic nitrogens is 1. The third-order valence-electron chi connectivity index (χ3n) is 7.07. The monoisotopic (exact) mass is 414 g/mol. The number of aliphatic hydroxyl groups excluding tert-OH is 2. The molecular weight excluding hydrogens is 384 g/mol. The molecule has 2 unspecified atom stereocenters. The summed E-state index contributed by atoms with van der Waals surface area (Å²) in [5.41, 5.74) is 1.37. The van der Waals surface area contributed by atoms with Crippen molar-refractivity contribution >= 4 is 16.9 Å². The van der Waals surface area contributed by atoms with E-state index in [2.05, 4.69) is 9.88 Å². The Balaban J connectivity index is 1.68. The van der Waals surface area contributed by atoms with Crippen molar-refractivity contribution in [1.29, 1.82) is 0 Å². The van der Waals surface area contributed by atoms with Gasteiger partial charge >= 0.3 is 5.97 Å². The summed E-state index contributed by atoms with van der Waals surface area (Å²) < 4.78 is 5.82. The van der Waals surface area contributed by atoms with E-state index in [-0.39, 0.29) is 30.6 Å². The van der Waals surface area contributed by atoms with Crippen LogP contribution in [-0.2, 0) is 16.1 Å². The molecule has 1 aromatic carbocycles. The molecule has 2 aliphatic rings. The van der Waals surface area contributed by atoms with Crippen molar-refractivity contribution in [3.63, 3.8) is 0 Å². The first kappa shape index (κ1) is 21.2. The first-order valence-electron chi connectivity index (χ1n) is 10.6. The Morgan fingerprint density at radius 2 is 2.13 bits per heavy atom. The number of hydrogen-bond donors (Lipinski definition) is 3. The van der Waals surface area contributed by atoms with Gasteiger partial charge in [0.05, 0.1) is 23.8 Å². The van der Waals surface area contributed by atoms with E-state index in [0.29, 0.717) is 6.42 Å². The number of ether oxygens (including phenoxy) is 1. The first-order chi connectivity index (χ1) is 14.3. The van der Waals surface area contributed by atoms with Crippen LogP contribution in [0.1, 0.15) is 50.8 Å². The molecule has 0 radical (unpaired) electrons. The van der Waals surface area contributed by atoms with Crippen LogP contribution in [0.2, 0.25) is 0 Å². The second-order valence-corrected chi connectivity index (χ2v) is 8.75. The minimum Gasteiger partial charge on any atom is -0.456 e. The minimum atomic E-state index is -1.03. The maximum absolute atomic E-state index is 12.0. The molecule has 3 N–H and O–H groups in total. The number of pyridine rings is 1. The Morgan fingerprint density at radius 1 is 1.37 bits per heavy atom. The first-order valence-corrected chi connectivity index (χ1v) is 10.6. The van der Waals surface area contributed by atoms with Gasteiger partial charge in [-0.3, -0.25) is 14.7 Å². The molecule has 0 spiro atoms. The predicted octanol–water partition coefficient (Wildman–Crippen LogP) is 1.93. The molecule has 1 saturated carbocycles. The SMILES string of the molecule is CC(=O)O[C@H](c1ccnc2ccc(CO)cc12)[C@@H](C)N1CC[C@@H]2C1C[C@@]2(O)C(C)O. The van der Waals surface area contributed by atoms with E-state index < -0.39 is 17.8 Å². The largest absolute Gasteiger partial charge is 0.456 e. The van der Waals surface area contributed by atoms with Crippen LogP contribution in [0.15, 0.2) is 30.5 Å². The number of esters is 1. The number of nitrogens with zero attached hydrogens (tertiary/aromatic N) is 2. The molecule has 162 valence electrons. The topological polar surface area (TPSA) is 103 Å². The molecule has 0 amide bonds. The molecule has 0 bridgehead atoms. The lowest BCUT2D eigenvalue weighted by Crippen LogP contribution is -2.65. The van der Waals surface area contributed by atoms with E-state index in [0.717, 1.165) is 35.0 Å². The molecule has 30 heavy (non-hydrogen) atoms. The Kier molecular flexibility index (Phi) is 5.57.